The SMILES string of the molecule is CCOc1ccc(/C=N\NC(=O)c2ccc3nc[nH]c3c2)cc1OC. The summed E-state index contributed by atoms with van der Waals surface area (Å²) in [6.07, 6.45) is 3.13. The molecule has 3 aromatic rings. The zero-order valence-corrected chi connectivity index (χ0v) is 13.9. The van der Waals surface area contributed by atoms with Gasteiger partial charge >= 0.3 is 0 Å². The molecule has 0 saturated heterocycles. The van der Waals surface area contributed by atoms with Gasteiger partial charge in [0.15, 0.2) is 11.5 Å². The number of imidazole rings is 1. The average Bonchev–Trinajstić information content (AvgIpc) is 3.10. The Hall–Kier alpha value is -3.35. The van der Waals surface area contributed by atoms with Gasteiger partial charge < -0.3 is 14.5 Å². The minimum Gasteiger partial charge on any atom is -0.493 e. The number of carbonyl (C=O) groups is 1. The number of carbonyl (C=O) groups excluding carboxylic acids is 1. The van der Waals surface area contributed by atoms with Crippen molar-refractivity contribution in [1.82, 2.24) is 15.4 Å². The Morgan fingerprint density at radius 3 is 2.96 bits per heavy atom. The number of H-pyrrole nitrogens is 1. The molecule has 0 spiro atoms. The summed E-state index contributed by atoms with van der Waals surface area (Å²) in [4.78, 5) is 19.2. The van der Waals surface area contributed by atoms with Crippen molar-refractivity contribution in [2.75, 3.05) is 13.7 Å². The smallest absolute Gasteiger partial charge is 0.271 e. The number of nitrogens with zero attached hydrogens (tertiary/aromatic N) is 2. The molecule has 0 atom stereocenters. The quantitative estimate of drug-likeness (QED) is 0.534. The first kappa shape index (κ1) is 16.5. The fourth-order valence-electron chi connectivity index (χ4n) is 2.35. The molecule has 0 fully saturated rings. The highest BCUT2D eigenvalue weighted by Gasteiger charge is 2.07. The summed E-state index contributed by atoms with van der Waals surface area (Å²) >= 11 is 0. The van der Waals surface area contributed by atoms with Gasteiger partial charge in [0.2, 0.25) is 0 Å². The maximum absolute atomic E-state index is 12.2. The number of nitrogens with one attached hydrogen (secondary N) is 2. The summed E-state index contributed by atoms with van der Waals surface area (Å²) in [7, 11) is 1.58. The van der Waals surface area contributed by atoms with Crippen LogP contribution < -0.4 is 14.9 Å². The average molecular weight is 338 g/mol. The molecule has 0 aliphatic rings. The number of hydrogen-bond donors (Lipinski definition) is 2. The highest BCUT2D eigenvalue weighted by atomic mass is 16.5. The fourth-order valence-corrected chi connectivity index (χ4v) is 2.35. The van der Waals surface area contributed by atoms with E-state index in [0.717, 1.165) is 16.6 Å². The lowest BCUT2D eigenvalue weighted by atomic mass is 10.2. The van der Waals surface area contributed by atoms with Crippen molar-refractivity contribution < 1.29 is 14.3 Å². The lowest BCUT2D eigenvalue weighted by Crippen LogP contribution is -2.17. The molecule has 1 heterocycles. The Labute approximate surface area is 144 Å². The molecule has 0 bridgehead atoms. The second-order valence-electron chi connectivity index (χ2n) is 5.18. The summed E-state index contributed by atoms with van der Waals surface area (Å²) in [5.41, 5.74) is 5.39. The van der Waals surface area contributed by atoms with Crippen LogP contribution in [0.3, 0.4) is 0 Å². The third kappa shape index (κ3) is 3.77. The molecule has 0 radical (unpaired) electrons. The highest BCUT2D eigenvalue weighted by Crippen LogP contribution is 2.27. The minimum atomic E-state index is -0.300. The van der Waals surface area contributed by atoms with E-state index >= 15 is 0 Å². The molecule has 0 aliphatic carbocycles. The molecule has 25 heavy (non-hydrogen) atoms. The van der Waals surface area contributed by atoms with Crippen molar-refractivity contribution in [3.05, 3.63) is 53.9 Å². The standard InChI is InChI=1S/C18H18N4O3/c1-3-25-16-7-4-12(8-17(16)24-2)10-21-22-18(23)13-5-6-14-15(9-13)20-11-19-14/h4-11H,3H2,1-2H3,(H,19,20)(H,22,23)/b21-10-. The number of ether oxygens (including phenoxy) is 2. The lowest BCUT2D eigenvalue weighted by molar-refractivity contribution is 0.0955. The molecular formula is C18H18N4O3. The maximum atomic E-state index is 12.2. The van der Waals surface area contributed by atoms with Crippen molar-refractivity contribution in [3.8, 4) is 11.5 Å². The Kier molecular flexibility index (Phi) is 4.94. The predicted octanol–water partition coefficient (Wildman–Crippen LogP) is 2.73. The van der Waals surface area contributed by atoms with Gasteiger partial charge in [-0.1, -0.05) is 0 Å². The molecule has 2 N–H and O–H groups in total. The summed E-state index contributed by atoms with van der Waals surface area (Å²) < 4.78 is 10.7. The number of hydrogen-bond acceptors (Lipinski definition) is 5. The second-order valence-corrected chi connectivity index (χ2v) is 5.18. The van der Waals surface area contributed by atoms with Crippen molar-refractivity contribution in [2.45, 2.75) is 6.92 Å². The molecule has 1 aromatic heterocycles. The van der Waals surface area contributed by atoms with Gasteiger partial charge in [-0.05, 0) is 48.9 Å². The Balaban J connectivity index is 1.68. The molecule has 7 nitrogen and oxygen atoms in total. The van der Waals surface area contributed by atoms with Crippen molar-refractivity contribution in [2.24, 2.45) is 5.10 Å². The van der Waals surface area contributed by atoms with Crippen LogP contribution >= 0.6 is 0 Å². The number of aromatic nitrogens is 2. The van der Waals surface area contributed by atoms with E-state index in [1.807, 2.05) is 13.0 Å². The van der Waals surface area contributed by atoms with Gasteiger partial charge in [0, 0.05) is 5.56 Å². The van der Waals surface area contributed by atoms with Crippen LogP contribution in [0.2, 0.25) is 0 Å². The maximum Gasteiger partial charge on any atom is 0.271 e. The number of rotatable bonds is 6. The summed E-state index contributed by atoms with van der Waals surface area (Å²) in [6, 6.07) is 10.6. The third-order valence-electron chi connectivity index (χ3n) is 3.55. The van der Waals surface area contributed by atoms with Crippen LogP contribution in [-0.2, 0) is 0 Å². The molecule has 128 valence electrons. The largest absolute Gasteiger partial charge is 0.493 e. The second kappa shape index (κ2) is 7.48. The van der Waals surface area contributed by atoms with E-state index in [0.29, 0.717) is 23.7 Å². The number of amides is 1. The number of benzene rings is 2. The van der Waals surface area contributed by atoms with Crippen LogP contribution in [0.1, 0.15) is 22.8 Å². The van der Waals surface area contributed by atoms with Gasteiger partial charge in [-0.25, -0.2) is 10.4 Å². The number of methoxy groups -OCH3 is 1. The van der Waals surface area contributed by atoms with Gasteiger partial charge in [-0.2, -0.15) is 5.10 Å². The van der Waals surface area contributed by atoms with E-state index in [1.165, 1.54) is 0 Å². The lowest BCUT2D eigenvalue weighted by Gasteiger charge is -2.09. The number of fused-ring (bicyclic) bond motifs is 1. The van der Waals surface area contributed by atoms with E-state index in [4.69, 9.17) is 9.47 Å². The Morgan fingerprint density at radius 1 is 1.28 bits per heavy atom. The molecule has 3 rings (SSSR count). The van der Waals surface area contributed by atoms with Gasteiger partial charge in [0.1, 0.15) is 0 Å². The van der Waals surface area contributed by atoms with Gasteiger partial charge in [0.25, 0.3) is 5.91 Å². The monoisotopic (exact) mass is 338 g/mol. The third-order valence-corrected chi connectivity index (χ3v) is 3.55. The van der Waals surface area contributed by atoms with E-state index in [1.54, 1.807) is 50.0 Å². The first-order valence-corrected chi connectivity index (χ1v) is 7.78. The summed E-state index contributed by atoms with van der Waals surface area (Å²) in [5, 5.41) is 3.99. The summed E-state index contributed by atoms with van der Waals surface area (Å²) in [6.45, 7) is 2.46. The van der Waals surface area contributed by atoms with E-state index in [-0.39, 0.29) is 5.91 Å². The van der Waals surface area contributed by atoms with Crippen LogP contribution in [0.4, 0.5) is 0 Å². The van der Waals surface area contributed by atoms with Crippen LogP contribution in [0.5, 0.6) is 11.5 Å². The molecule has 2 aromatic carbocycles. The van der Waals surface area contributed by atoms with Crippen LogP contribution in [0.15, 0.2) is 47.8 Å². The topological polar surface area (TPSA) is 88.6 Å². The molecule has 7 heteroatoms. The minimum absolute atomic E-state index is 0.300. The van der Waals surface area contributed by atoms with Gasteiger partial charge in [0.05, 0.1) is 37.3 Å². The van der Waals surface area contributed by atoms with Gasteiger partial charge in [-0.15, -0.1) is 0 Å². The molecule has 0 aliphatic heterocycles. The zero-order valence-electron chi connectivity index (χ0n) is 13.9. The van der Waals surface area contributed by atoms with Crippen LogP contribution in [0, 0.1) is 0 Å². The first-order chi connectivity index (χ1) is 12.2. The van der Waals surface area contributed by atoms with Crippen molar-refractivity contribution in [3.63, 3.8) is 0 Å². The summed E-state index contributed by atoms with van der Waals surface area (Å²) in [5.74, 6) is 0.978. The van der Waals surface area contributed by atoms with E-state index < -0.39 is 0 Å². The number of aromatic amines is 1. The van der Waals surface area contributed by atoms with E-state index in [9.17, 15) is 4.79 Å². The zero-order chi connectivity index (χ0) is 17.6. The van der Waals surface area contributed by atoms with Gasteiger partial charge in [-0.3, -0.25) is 4.79 Å². The van der Waals surface area contributed by atoms with Crippen LogP contribution in [-0.4, -0.2) is 35.8 Å². The first-order valence-electron chi connectivity index (χ1n) is 7.78. The molecule has 0 unspecified atom stereocenters. The number of hydrazone groups is 1. The van der Waals surface area contributed by atoms with Crippen LogP contribution in [0.25, 0.3) is 11.0 Å². The van der Waals surface area contributed by atoms with Crippen molar-refractivity contribution in [1.29, 1.82) is 0 Å². The molecular weight excluding hydrogens is 320 g/mol. The Morgan fingerprint density at radius 2 is 2.16 bits per heavy atom. The molecule has 1 amide bonds. The predicted molar refractivity (Wildman–Crippen MR) is 95.3 cm³/mol. The molecule has 0 saturated carbocycles. The van der Waals surface area contributed by atoms with Crippen molar-refractivity contribution >= 4 is 23.2 Å². The highest BCUT2D eigenvalue weighted by molar-refractivity contribution is 5.97. The Bertz CT molecular complexity index is 918. The normalized spacial score (nSPS) is 11.0. The fraction of sp³-hybridized carbons (Fsp3) is 0.167. The van der Waals surface area contributed by atoms with E-state index in [2.05, 4.69) is 20.5 Å².